The zero-order valence-electron chi connectivity index (χ0n) is 10.4. The molecule has 0 bridgehead atoms. The molecule has 0 aliphatic carbocycles. The van der Waals surface area contributed by atoms with Crippen LogP contribution < -0.4 is 14.8 Å². The van der Waals surface area contributed by atoms with Crippen LogP contribution in [0.1, 0.15) is 23.6 Å². The van der Waals surface area contributed by atoms with Gasteiger partial charge < -0.3 is 19.9 Å². The predicted octanol–water partition coefficient (Wildman–Crippen LogP) is 2.11. The lowest BCUT2D eigenvalue weighted by Gasteiger charge is -2.17. The molecule has 1 fully saturated rings. The van der Waals surface area contributed by atoms with E-state index in [1.807, 2.05) is 13.0 Å². The molecule has 0 aromatic heterocycles. The lowest BCUT2D eigenvalue weighted by molar-refractivity contribution is -0.141. The number of carbonyl (C=O) groups is 1. The molecule has 6 heteroatoms. The third-order valence-corrected chi connectivity index (χ3v) is 4.05. The Bertz CT molecular complexity index is 546. The van der Waals surface area contributed by atoms with Crippen LogP contribution in [0.15, 0.2) is 6.07 Å². The Hall–Kier alpha value is -1.46. The molecule has 2 aliphatic heterocycles. The summed E-state index contributed by atoms with van der Waals surface area (Å²) in [5.41, 5.74) is 1.90. The third kappa shape index (κ3) is 2.03. The molecule has 1 saturated heterocycles. The van der Waals surface area contributed by atoms with Gasteiger partial charge in [0.15, 0.2) is 11.5 Å². The molecule has 2 heterocycles. The molecular weight excluding hydrogens is 270 g/mol. The van der Waals surface area contributed by atoms with E-state index in [9.17, 15) is 4.79 Å². The maximum atomic E-state index is 11.0. The van der Waals surface area contributed by atoms with E-state index in [2.05, 4.69) is 5.32 Å². The van der Waals surface area contributed by atoms with Gasteiger partial charge in [0.2, 0.25) is 6.79 Å². The van der Waals surface area contributed by atoms with E-state index in [1.165, 1.54) is 0 Å². The first-order valence-corrected chi connectivity index (χ1v) is 6.50. The number of carboxylic acid groups (broad SMARTS) is 1. The van der Waals surface area contributed by atoms with E-state index in [-0.39, 0.29) is 18.8 Å². The van der Waals surface area contributed by atoms with Crippen molar-refractivity contribution in [3.05, 3.63) is 22.2 Å². The van der Waals surface area contributed by atoms with Crippen LogP contribution in [0.2, 0.25) is 5.02 Å². The number of benzene rings is 1. The quantitative estimate of drug-likeness (QED) is 0.870. The van der Waals surface area contributed by atoms with Crippen LogP contribution in [-0.2, 0) is 4.79 Å². The number of rotatable bonds is 2. The highest BCUT2D eigenvalue weighted by molar-refractivity contribution is 6.33. The number of ether oxygens (including phenoxy) is 2. The summed E-state index contributed by atoms with van der Waals surface area (Å²) in [6, 6.07) is 1.84. The van der Waals surface area contributed by atoms with Crippen LogP contribution in [0.5, 0.6) is 11.5 Å². The molecule has 102 valence electrons. The standard InChI is InChI=1S/C13H14ClNO4/c1-6-2-9-12(19-5-18-9)11(14)10(6)8-3-7(4-15-8)13(16)17/h2,7-8,15H,3-5H2,1H3,(H,16,17). The molecule has 2 aliphatic rings. The summed E-state index contributed by atoms with van der Waals surface area (Å²) in [6.07, 6.45) is 0.537. The fourth-order valence-corrected chi connectivity index (χ4v) is 3.14. The maximum absolute atomic E-state index is 11.0. The largest absolute Gasteiger partial charge is 0.481 e. The number of hydrogen-bond donors (Lipinski definition) is 2. The molecule has 5 nitrogen and oxygen atoms in total. The number of hydrogen-bond acceptors (Lipinski definition) is 4. The highest BCUT2D eigenvalue weighted by atomic mass is 35.5. The van der Waals surface area contributed by atoms with Crippen molar-refractivity contribution in [2.24, 2.45) is 5.92 Å². The summed E-state index contributed by atoms with van der Waals surface area (Å²) in [4.78, 5) is 11.0. The summed E-state index contributed by atoms with van der Waals surface area (Å²) in [7, 11) is 0. The SMILES string of the molecule is Cc1cc2c(c(Cl)c1C1CC(C(=O)O)CN1)OCO2. The molecule has 19 heavy (non-hydrogen) atoms. The smallest absolute Gasteiger partial charge is 0.307 e. The van der Waals surface area contributed by atoms with E-state index >= 15 is 0 Å². The molecule has 0 radical (unpaired) electrons. The second-order valence-electron chi connectivity index (χ2n) is 4.89. The average Bonchev–Trinajstić information content (AvgIpc) is 2.97. The minimum Gasteiger partial charge on any atom is -0.481 e. The number of halogens is 1. The highest BCUT2D eigenvalue weighted by Crippen LogP contribution is 2.46. The van der Waals surface area contributed by atoms with Crippen LogP contribution in [0.4, 0.5) is 0 Å². The van der Waals surface area contributed by atoms with Gasteiger partial charge in [0.25, 0.3) is 0 Å². The van der Waals surface area contributed by atoms with E-state index in [4.69, 9.17) is 26.2 Å². The van der Waals surface area contributed by atoms with Crippen molar-refractivity contribution in [3.8, 4) is 11.5 Å². The Morgan fingerprint density at radius 3 is 3.00 bits per heavy atom. The minimum absolute atomic E-state index is 0.0527. The van der Waals surface area contributed by atoms with Gasteiger partial charge in [-0.05, 0) is 30.5 Å². The normalized spacial score (nSPS) is 24.7. The Morgan fingerprint density at radius 1 is 1.53 bits per heavy atom. The van der Waals surface area contributed by atoms with Crippen molar-refractivity contribution in [2.75, 3.05) is 13.3 Å². The molecule has 2 N–H and O–H groups in total. The Morgan fingerprint density at radius 2 is 2.32 bits per heavy atom. The highest BCUT2D eigenvalue weighted by Gasteiger charge is 2.34. The second kappa shape index (κ2) is 4.58. The van der Waals surface area contributed by atoms with Crippen LogP contribution >= 0.6 is 11.6 Å². The zero-order valence-corrected chi connectivity index (χ0v) is 11.2. The third-order valence-electron chi connectivity index (χ3n) is 3.68. The van der Waals surface area contributed by atoms with Crippen molar-refractivity contribution in [1.82, 2.24) is 5.32 Å². The molecule has 1 aromatic rings. The molecule has 0 saturated carbocycles. The van der Waals surface area contributed by atoms with Crippen LogP contribution in [0, 0.1) is 12.8 Å². The van der Waals surface area contributed by atoms with Gasteiger partial charge >= 0.3 is 5.97 Å². The first-order chi connectivity index (χ1) is 9.08. The number of aliphatic carboxylic acids is 1. The molecule has 0 amide bonds. The lowest BCUT2D eigenvalue weighted by Crippen LogP contribution is -2.17. The van der Waals surface area contributed by atoms with Crippen molar-refractivity contribution in [3.63, 3.8) is 0 Å². The average molecular weight is 284 g/mol. The van der Waals surface area contributed by atoms with Crippen LogP contribution in [0.25, 0.3) is 0 Å². The molecule has 3 rings (SSSR count). The van der Waals surface area contributed by atoms with Crippen molar-refractivity contribution in [1.29, 1.82) is 0 Å². The van der Waals surface area contributed by atoms with Gasteiger partial charge in [0, 0.05) is 12.6 Å². The van der Waals surface area contributed by atoms with Gasteiger partial charge in [0.05, 0.1) is 10.9 Å². The summed E-state index contributed by atoms with van der Waals surface area (Å²) in [6.45, 7) is 2.58. The minimum atomic E-state index is -0.774. The Kier molecular flexibility index (Phi) is 3.03. The van der Waals surface area contributed by atoms with E-state index in [0.717, 1.165) is 11.1 Å². The topological polar surface area (TPSA) is 67.8 Å². The van der Waals surface area contributed by atoms with Gasteiger partial charge in [-0.25, -0.2) is 0 Å². The second-order valence-corrected chi connectivity index (χ2v) is 5.26. The first kappa shape index (κ1) is 12.6. The van der Waals surface area contributed by atoms with Crippen LogP contribution in [0.3, 0.4) is 0 Å². The van der Waals surface area contributed by atoms with Gasteiger partial charge in [-0.15, -0.1) is 0 Å². The summed E-state index contributed by atoms with van der Waals surface area (Å²) < 4.78 is 10.7. The van der Waals surface area contributed by atoms with Crippen molar-refractivity contribution >= 4 is 17.6 Å². The summed E-state index contributed by atoms with van der Waals surface area (Å²) >= 11 is 6.37. The molecular formula is C13H14ClNO4. The molecule has 2 atom stereocenters. The van der Waals surface area contributed by atoms with Gasteiger partial charge in [-0.2, -0.15) is 0 Å². The van der Waals surface area contributed by atoms with Crippen LogP contribution in [-0.4, -0.2) is 24.4 Å². The Labute approximate surface area is 115 Å². The van der Waals surface area contributed by atoms with E-state index in [1.54, 1.807) is 0 Å². The monoisotopic (exact) mass is 283 g/mol. The van der Waals surface area contributed by atoms with Gasteiger partial charge in [-0.3, -0.25) is 4.79 Å². The van der Waals surface area contributed by atoms with Crippen molar-refractivity contribution in [2.45, 2.75) is 19.4 Å². The lowest BCUT2D eigenvalue weighted by atomic mass is 9.96. The fraction of sp³-hybridized carbons (Fsp3) is 0.462. The zero-order chi connectivity index (χ0) is 13.6. The molecule has 0 spiro atoms. The summed E-state index contributed by atoms with van der Waals surface area (Å²) in [5, 5.41) is 12.8. The number of carboxylic acids is 1. The number of nitrogens with one attached hydrogen (secondary N) is 1. The maximum Gasteiger partial charge on any atom is 0.307 e. The molecule has 1 aromatic carbocycles. The Balaban J connectivity index is 1.96. The number of aryl methyl sites for hydroxylation is 1. The van der Waals surface area contributed by atoms with E-state index in [0.29, 0.717) is 29.5 Å². The van der Waals surface area contributed by atoms with Gasteiger partial charge in [-0.1, -0.05) is 11.6 Å². The predicted molar refractivity (Wildman–Crippen MR) is 68.8 cm³/mol. The molecule has 2 unspecified atom stereocenters. The number of fused-ring (bicyclic) bond motifs is 1. The fourth-order valence-electron chi connectivity index (χ4n) is 2.71. The van der Waals surface area contributed by atoms with Crippen molar-refractivity contribution < 1.29 is 19.4 Å². The van der Waals surface area contributed by atoms with Gasteiger partial charge in [0.1, 0.15) is 0 Å². The van der Waals surface area contributed by atoms with E-state index < -0.39 is 5.97 Å². The first-order valence-electron chi connectivity index (χ1n) is 6.12. The summed E-state index contributed by atoms with van der Waals surface area (Å²) in [5.74, 6) is 0.0669.